The number of morpholine rings is 1. The predicted octanol–water partition coefficient (Wildman–Crippen LogP) is 1.98. The summed E-state index contributed by atoms with van der Waals surface area (Å²) in [5.41, 5.74) is 0.157. The zero-order valence-electron chi connectivity index (χ0n) is 14.5. The van der Waals surface area contributed by atoms with Gasteiger partial charge in [-0.2, -0.15) is 13.2 Å². The molecule has 0 aromatic carbocycles. The Balaban J connectivity index is 1.79. The highest BCUT2D eigenvalue weighted by Gasteiger charge is 2.31. The molecule has 1 amide bonds. The van der Waals surface area contributed by atoms with Crippen molar-refractivity contribution in [1.29, 1.82) is 0 Å². The normalized spacial score (nSPS) is 16.2. The molecule has 0 spiro atoms. The third kappa shape index (κ3) is 3.99. The minimum atomic E-state index is -4.48. The molecule has 142 valence electrons. The summed E-state index contributed by atoms with van der Waals surface area (Å²) in [4.78, 5) is 19.1. The van der Waals surface area contributed by atoms with Crippen molar-refractivity contribution < 1.29 is 22.7 Å². The minimum Gasteiger partial charge on any atom is -0.379 e. The molecule has 0 atom stereocenters. The summed E-state index contributed by atoms with van der Waals surface area (Å²) in [5.74, 6) is -0.415. The van der Waals surface area contributed by atoms with Crippen LogP contribution < -0.4 is 5.32 Å². The summed E-state index contributed by atoms with van der Waals surface area (Å²) in [6.07, 6.45) is -3.09. The number of aryl methyl sites for hydroxylation is 1. The molecule has 0 aliphatic carbocycles. The quantitative estimate of drug-likeness (QED) is 0.875. The van der Waals surface area contributed by atoms with E-state index >= 15 is 0 Å². The van der Waals surface area contributed by atoms with Crippen LogP contribution in [0.3, 0.4) is 0 Å². The van der Waals surface area contributed by atoms with Gasteiger partial charge in [-0.1, -0.05) is 6.92 Å². The highest BCUT2D eigenvalue weighted by molar-refractivity contribution is 5.94. The van der Waals surface area contributed by atoms with E-state index in [0.717, 1.165) is 25.4 Å². The van der Waals surface area contributed by atoms with Crippen molar-refractivity contribution in [3.8, 4) is 0 Å². The lowest BCUT2D eigenvalue weighted by atomic mass is 10.2. The maximum absolute atomic E-state index is 13.0. The van der Waals surface area contributed by atoms with Gasteiger partial charge in [0.15, 0.2) is 0 Å². The number of rotatable bonds is 5. The highest BCUT2D eigenvalue weighted by atomic mass is 19.4. The third-order valence-electron chi connectivity index (χ3n) is 4.39. The minimum absolute atomic E-state index is 0.163. The number of ether oxygens (including phenoxy) is 1. The summed E-state index contributed by atoms with van der Waals surface area (Å²) in [6, 6.07) is 2.26. The van der Waals surface area contributed by atoms with Gasteiger partial charge in [-0.05, 0) is 18.6 Å². The van der Waals surface area contributed by atoms with E-state index in [0.29, 0.717) is 44.1 Å². The lowest BCUT2D eigenvalue weighted by Gasteiger charge is -2.26. The number of pyridine rings is 1. The monoisotopic (exact) mass is 370 g/mol. The number of alkyl halides is 3. The van der Waals surface area contributed by atoms with Crippen LogP contribution in [0.4, 0.5) is 13.2 Å². The second-order valence-electron chi connectivity index (χ2n) is 6.11. The van der Waals surface area contributed by atoms with Crippen molar-refractivity contribution in [1.82, 2.24) is 19.6 Å². The number of carbonyl (C=O) groups excluding carboxylic acids is 1. The molecule has 0 radical (unpaired) electrons. The number of hydrogen-bond acceptors (Lipinski definition) is 4. The van der Waals surface area contributed by atoms with Crippen LogP contribution in [0.15, 0.2) is 18.3 Å². The van der Waals surface area contributed by atoms with E-state index in [1.807, 2.05) is 6.92 Å². The first-order chi connectivity index (χ1) is 12.4. The van der Waals surface area contributed by atoms with Gasteiger partial charge in [0.2, 0.25) is 0 Å². The maximum Gasteiger partial charge on any atom is 0.417 e. The van der Waals surface area contributed by atoms with Crippen LogP contribution in [0, 0.1) is 0 Å². The number of aromatic nitrogens is 2. The topological polar surface area (TPSA) is 58.9 Å². The van der Waals surface area contributed by atoms with Crippen molar-refractivity contribution in [2.24, 2.45) is 0 Å². The largest absolute Gasteiger partial charge is 0.417 e. The Morgan fingerprint density at radius 2 is 2.04 bits per heavy atom. The fraction of sp³-hybridized carbons (Fsp3) is 0.529. The number of amides is 1. The molecule has 2 aromatic heterocycles. The average molecular weight is 370 g/mol. The second kappa shape index (κ2) is 7.63. The molecule has 3 heterocycles. The van der Waals surface area contributed by atoms with Gasteiger partial charge in [-0.25, -0.2) is 4.98 Å². The van der Waals surface area contributed by atoms with Gasteiger partial charge in [0.25, 0.3) is 5.91 Å². The Morgan fingerprint density at radius 1 is 1.31 bits per heavy atom. The summed E-state index contributed by atoms with van der Waals surface area (Å²) >= 11 is 0. The number of hydrogen-bond donors (Lipinski definition) is 1. The molecule has 0 bridgehead atoms. The van der Waals surface area contributed by atoms with Crippen LogP contribution in [0.1, 0.15) is 28.7 Å². The summed E-state index contributed by atoms with van der Waals surface area (Å²) in [7, 11) is 0. The third-order valence-corrected chi connectivity index (χ3v) is 4.39. The fourth-order valence-corrected chi connectivity index (χ4v) is 2.98. The number of fused-ring (bicyclic) bond motifs is 1. The first-order valence-corrected chi connectivity index (χ1v) is 8.56. The summed E-state index contributed by atoms with van der Waals surface area (Å²) in [5, 5.41) is 2.79. The Hall–Kier alpha value is -2.13. The van der Waals surface area contributed by atoms with Gasteiger partial charge in [0, 0.05) is 32.4 Å². The maximum atomic E-state index is 13.0. The van der Waals surface area contributed by atoms with Gasteiger partial charge in [-0.15, -0.1) is 0 Å². The van der Waals surface area contributed by atoms with Gasteiger partial charge in [0.05, 0.1) is 24.5 Å². The molecular formula is C17H21F3N4O2. The molecule has 1 saturated heterocycles. The van der Waals surface area contributed by atoms with E-state index < -0.39 is 17.6 Å². The van der Waals surface area contributed by atoms with Crippen molar-refractivity contribution >= 4 is 11.6 Å². The van der Waals surface area contributed by atoms with Crippen LogP contribution in [-0.4, -0.2) is 59.6 Å². The zero-order valence-corrected chi connectivity index (χ0v) is 14.5. The first-order valence-electron chi connectivity index (χ1n) is 8.56. The molecule has 0 unspecified atom stereocenters. The van der Waals surface area contributed by atoms with Crippen LogP contribution in [-0.2, 0) is 17.3 Å². The van der Waals surface area contributed by atoms with Crippen LogP contribution in [0.2, 0.25) is 0 Å². The molecule has 1 fully saturated rings. The lowest BCUT2D eigenvalue weighted by molar-refractivity contribution is -0.137. The Labute approximate surface area is 148 Å². The highest BCUT2D eigenvalue weighted by Crippen LogP contribution is 2.29. The molecule has 9 heteroatoms. The van der Waals surface area contributed by atoms with E-state index in [-0.39, 0.29) is 5.69 Å². The summed E-state index contributed by atoms with van der Waals surface area (Å²) < 4.78 is 45.5. The first kappa shape index (κ1) is 18.7. The molecule has 2 aromatic rings. The number of nitrogens with one attached hydrogen (secondary N) is 1. The van der Waals surface area contributed by atoms with Gasteiger partial charge < -0.3 is 10.1 Å². The standard InChI is InChI=1S/C17H21F3N4O2/c1-2-13-15(16(25)21-5-6-23-7-9-26-10-8-23)24-11-12(17(18,19)20)3-4-14(24)22-13/h3-4,11H,2,5-10H2,1H3,(H,21,25). The van der Waals surface area contributed by atoms with E-state index in [2.05, 4.69) is 15.2 Å². The number of halogens is 3. The van der Waals surface area contributed by atoms with E-state index in [1.54, 1.807) is 0 Å². The molecule has 0 saturated carbocycles. The van der Waals surface area contributed by atoms with E-state index in [9.17, 15) is 18.0 Å². The van der Waals surface area contributed by atoms with Crippen molar-refractivity contribution in [3.63, 3.8) is 0 Å². The van der Waals surface area contributed by atoms with Crippen LogP contribution >= 0.6 is 0 Å². The molecule has 1 N–H and O–H groups in total. The van der Waals surface area contributed by atoms with Crippen molar-refractivity contribution in [2.75, 3.05) is 39.4 Å². The molecule has 1 aliphatic heterocycles. The Bertz CT molecular complexity index is 782. The van der Waals surface area contributed by atoms with Gasteiger partial charge >= 0.3 is 6.18 Å². The predicted molar refractivity (Wildman–Crippen MR) is 89.2 cm³/mol. The molecular weight excluding hydrogens is 349 g/mol. The SMILES string of the molecule is CCc1nc2ccc(C(F)(F)F)cn2c1C(=O)NCCN1CCOCC1. The lowest BCUT2D eigenvalue weighted by Crippen LogP contribution is -2.41. The number of nitrogens with zero attached hydrogens (tertiary/aromatic N) is 3. The summed E-state index contributed by atoms with van der Waals surface area (Å²) in [6.45, 7) is 5.84. The molecule has 26 heavy (non-hydrogen) atoms. The molecule has 6 nitrogen and oxygen atoms in total. The zero-order chi connectivity index (χ0) is 18.7. The molecule has 3 rings (SSSR count). The number of carbonyl (C=O) groups is 1. The van der Waals surface area contributed by atoms with E-state index in [4.69, 9.17) is 4.74 Å². The Morgan fingerprint density at radius 3 is 2.69 bits per heavy atom. The van der Waals surface area contributed by atoms with Crippen molar-refractivity contribution in [2.45, 2.75) is 19.5 Å². The average Bonchev–Trinajstić information content (AvgIpc) is 2.99. The fourth-order valence-electron chi connectivity index (χ4n) is 2.98. The Kier molecular flexibility index (Phi) is 5.47. The van der Waals surface area contributed by atoms with Crippen molar-refractivity contribution in [3.05, 3.63) is 35.3 Å². The number of imidazole rings is 1. The van der Waals surface area contributed by atoms with Crippen LogP contribution in [0.5, 0.6) is 0 Å². The smallest absolute Gasteiger partial charge is 0.379 e. The van der Waals surface area contributed by atoms with Gasteiger partial charge in [0.1, 0.15) is 11.3 Å². The van der Waals surface area contributed by atoms with Gasteiger partial charge in [-0.3, -0.25) is 14.1 Å². The van der Waals surface area contributed by atoms with E-state index in [1.165, 1.54) is 10.5 Å². The second-order valence-corrected chi connectivity index (χ2v) is 6.11. The van der Waals surface area contributed by atoms with Crippen LogP contribution in [0.25, 0.3) is 5.65 Å². The molecule has 1 aliphatic rings.